The summed E-state index contributed by atoms with van der Waals surface area (Å²) in [5.41, 5.74) is 4.74. The summed E-state index contributed by atoms with van der Waals surface area (Å²) in [6, 6.07) is 13.9. The summed E-state index contributed by atoms with van der Waals surface area (Å²) in [6.45, 7) is 2.12. The number of hydrogen-bond acceptors (Lipinski definition) is 2. The van der Waals surface area contributed by atoms with E-state index in [1.165, 1.54) is 16.8 Å². The molecular formula is C23H25FN2O. The molecule has 3 aromatic rings. The lowest BCUT2D eigenvalue weighted by Crippen LogP contribution is -2.52. The summed E-state index contributed by atoms with van der Waals surface area (Å²) < 4.78 is 20.1. The number of H-pyrrole nitrogens is 1. The van der Waals surface area contributed by atoms with Crippen molar-refractivity contribution in [3.8, 4) is 5.75 Å². The zero-order valence-electron chi connectivity index (χ0n) is 15.9. The SMILES string of the molecule is COc1cccc([C@]23CCN(C)CC2Cc2c([nH]c4cccc(F)c24)C3)c1. The molecule has 1 N–H and O–H groups in total. The Morgan fingerprint density at radius 3 is 2.93 bits per heavy atom. The zero-order chi connectivity index (χ0) is 18.6. The molecule has 1 unspecified atom stereocenters. The summed E-state index contributed by atoms with van der Waals surface area (Å²) in [4.78, 5) is 5.96. The molecule has 0 bridgehead atoms. The van der Waals surface area contributed by atoms with Crippen LogP contribution in [0.5, 0.6) is 5.75 Å². The van der Waals surface area contributed by atoms with E-state index >= 15 is 0 Å². The number of aromatic amines is 1. The van der Waals surface area contributed by atoms with Crippen molar-refractivity contribution in [2.75, 3.05) is 27.2 Å². The molecule has 2 heterocycles. The topological polar surface area (TPSA) is 28.3 Å². The number of fused-ring (bicyclic) bond motifs is 4. The van der Waals surface area contributed by atoms with Crippen LogP contribution in [-0.2, 0) is 18.3 Å². The van der Waals surface area contributed by atoms with Crippen molar-refractivity contribution in [3.63, 3.8) is 0 Å². The van der Waals surface area contributed by atoms with Crippen molar-refractivity contribution < 1.29 is 9.13 Å². The molecule has 1 aliphatic carbocycles. The fourth-order valence-electron chi connectivity index (χ4n) is 5.41. The normalized spacial score (nSPS) is 25.2. The Balaban J connectivity index is 1.68. The highest BCUT2D eigenvalue weighted by atomic mass is 19.1. The van der Waals surface area contributed by atoms with E-state index in [2.05, 4.69) is 35.1 Å². The number of piperidine rings is 1. The molecule has 1 fully saturated rings. The average Bonchev–Trinajstić information content (AvgIpc) is 3.04. The first-order valence-electron chi connectivity index (χ1n) is 9.72. The van der Waals surface area contributed by atoms with Gasteiger partial charge in [0.2, 0.25) is 0 Å². The molecule has 2 aliphatic rings. The number of nitrogens with zero attached hydrogens (tertiary/aromatic N) is 1. The van der Waals surface area contributed by atoms with Gasteiger partial charge >= 0.3 is 0 Å². The molecule has 0 saturated carbocycles. The van der Waals surface area contributed by atoms with Gasteiger partial charge in [-0.05, 0) is 74.2 Å². The maximum absolute atomic E-state index is 14.6. The molecule has 5 rings (SSSR count). The van der Waals surface area contributed by atoms with Crippen LogP contribution in [-0.4, -0.2) is 37.1 Å². The van der Waals surface area contributed by atoms with Crippen molar-refractivity contribution in [3.05, 3.63) is 65.1 Å². The van der Waals surface area contributed by atoms with Gasteiger partial charge in [-0.3, -0.25) is 0 Å². The van der Waals surface area contributed by atoms with Gasteiger partial charge in [0.15, 0.2) is 0 Å². The van der Waals surface area contributed by atoms with Gasteiger partial charge in [-0.25, -0.2) is 4.39 Å². The first kappa shape index (κ1) is 16.8. The molecule has 0 radical (unpaired) electrons. The highest BCUT2D eigenvalue weighted by molar-refractivity contribution is 5.85. The first-order valence-corrected chi connectivity index (χ1v) is 9.72. The van der Waals surface area contributed by atoms with Crippen LogP contribution >= 0.6 is 0 Å². The molecule has 0 spiro atoms. The third kappa shape index (κ3) is 2.50. The Morgan fingerprint density at radius 2 is 2.07 bits per heavy atom. The van der Waals surface area contributed by atoms with Gasteiger partial charge in [0.1, 0.15) is 11.6 Å². The Labute approximate surface area is 159 Å². The maximum atomic E-state index is 14.6. The lowest BCUT2D eigenvalue weighted by molar-refractivity contribution is 0.0993. The van der Waals surface area contributed by atoms with Gasteiger partial charge in [0, 0.05) is 28.6 Å². The molecule has 0 amide bonds. The second-order valence-corrected chi connectivity index (χ2v) is 8.22. The molecular weight excluding hydrogens is 339 g/mol. The minimum absolute atomic E-state index is 0.0748. The molecule has 2 aromatic carbocycles. The van der Waals surface area contributed by atoms with Crippen molar-refractivity contribution in [1.29, 1.82) is 0 Å². The highest BCUT2D eigenvalue weighted by Crippen LogP contribution is 2.49. The Kier molecular flexibility index (Phi) is 3.80. The second kappa shape index (κ2) is 6.10. The van der Waals surface area contributed by atoms with Gasteiger partial charge in [-0.2, -0.15) is 0 Å². The van der Waals surface area contributed by atoms with Crippen LogP contribution in [0.4, 0.5) is 4.39 Å². The van der Waals surface area contributed by atoms with Crippen LogP contribution in [0.2, 0.25) is 0 Å². The van der Waals surface area contributed by atoms with Crippen LogP contribution in [0.15, 0.2) is 42.5 Å². The number of ether oxygens (including phenoxy) is 1. The fourth-order valence-corrected chi connectivity index (χ4v) is 5.41. The number of benzene rings is 2. The van der Waals surface area contributed by atoms with E-state index in [0.29, 0.717) is 5.92 Å². The number of likely N-dealkylation sites (tertiary alicyclic amines) is 1. The quantitative estimate of drug-likeness (QED) is 0.734. The molecule has 1 saturated heterocycles. The van der Waals surface area contributed by atoms with E-state index in [9.17, 15) is 4.39 Å². The van der Waals surface area contributed by atoms with E-state index < -0.39 is 0 Å². The second-order valence-electron chi connectivity index (χ2n) is 8.22. The zero-order valence-corrected chi connectivity index (χ0v) is 15.9. The lowest BCUT2D eigenvalue weighted by atomic mass is 9.59. The van der Waals surface area contributed by atoms with E-state index in [0.717, 1.165) is 49.0 Å². The summed E-state index contributed by atoms with van der Waals surface area (Å²) in [5, 5.41) is 0.792. The minimum atomic E-state index is -0.108. The van der Waals surface area contributed by atoms with Crippen molar-refractivity contribution in [2.45, 2.75) is 24.7 Å². The van der Waals surface area contributed by atoms with Crippen LogP contribution in [0.1, 0.15) is 23.2 Å². The van der Waals surface area contributed by atoms with Gasteiger partial charge in [0.25, 0.3) is 0 Å². The van der Waals surface area contributed by atoms with E-state index in [4.69, 9.17) is 4.74 Å². The predicted octanol–water partition coefficient (Wildman–Crippen LogP) is 4.30. The summed E-state index contributed by atoms with van der Waals surface area (Å²) in [7, 11) is 3.92. The standard InChI is InChI=1S/C23H25FN2O/c1-26-10-9-23(15-5-3-6-17(11-15)27-2)13-21-18(12-16(23)14-26)22-19(24)7-4-8-20(22)25-21/h3-8,11,16,25H,9-10,12-14H2,1-2H3/t16?,23-/m1/s1. The highest BCUT2D eigenvalue weighted by Gasteiger charge is 2.47. The van der Waals surface area contributed by atoms with Crippen molar-refractivity contribution in [1.82, 2.24) is 9.88 Å². The summed E-state index contributed by atoms with van der Waals surface area (Å²) >= 11 is 0. The predicted molar refractivity (Wildman–Crippen MR) is 106 cm³/mol. The van der Waals surface area contributed by atoms with E-state index in [-0.39, 0.29) is 11.2 Å². The van der Waals surface area contributed by atoms with E-state index in [1.807, 2.05) is 12.1 Å². The molecule has 4 heteroatoms. The Morgan fingerprint density at radius 1 is 1.22 bits per heavy atom. The average molecular weight is 364 g/mol. The van der Waals surface area contributed by atoms with Gasteiger partial charge < -0.3 is 14.6 Å². The number of nitrogens with one attached hydrogen (secondary N) is 1. The molecule has 1 aromatic heterocycles. The number of aromatic nitrogens is 1. The molecule has 140 valence electrons. The van der Waals surface area contributed by atoms with Gasteiger partial charge in [0.05, 0.1) is 7.11 Å². The Bertz CT molecular complexity index is 1010. The summed E-state index contributed by atoms with van der Waals surface area (Å²) in [6.07, 6.45) is 2.96. The number of halogens is 1. The third-order valence-electron chi connectivity index (χ3n) is 6.81. The van der Waals surface area contributed by atoms with Gasteiger partial charge in [-0.1, -0.05) is 18.2 Å². The molecule has 3 nitrogen and oxygen atoms in total. The third-order valence-corrected chi connectivity index (χ3v) is 6.81. The van der Waals surface area contributed by atoms with Crippen LogP contribution < -0.4 is 4.74 Å². The monoisotopic (exact) mass is 364 g/mol. The van der Waals surface area contributed by atoms with Crippen molar-refractivity contribution in [2.24, 2.45) is 5.92 Å². The molecule has 1 aliphatic heterocycles. The molecule has 2 atom stereocenters. The lowest BCUT2D eigenvalue weighted by Gasteiger charge is -2.50. The van der Waals surface area contributed by atoms with Gasteiger partial charge in [-0.15, -0.1) is 0 Å². The number of hydrogen-bond donors (Lipinski definition) is 1. The first-order chi connectivity index (χ1) is 13.1. The minimum Gasteiger partial charge on any atom is -0.497 e. The van der Waals surface area contributed by atoms with E-state index in [1.54, 1.807) is 19.2 Å². The van der Waals surface area contributed by atoms with Crippen molar-refractivity contribution >= 4 is 10.9 Å². The fraction of sp³-hybridized carbons (Fsp3) is 0.391. The Hall–Kier alpha value is -2.33. The number of rotatable bonds is 2. The maximum Gasteiger partial charge on any atom is 0.132 e. The molecule has 27 heavy (non-hydrogen) atoms. The largest absolute Gasteiger partial charge is 0.497 e. The van der Waals surface area contributed by atoms with Crippen LogP contribution in [0.25, 0.3) is 10.9 Å². The van der Waals surface area contributed by atoms with Crippen LogP contribution in [0.3, 0.4) is 0 Å². The summed E-state index contributed by atoms with van der Waals surface area (Å²) in [5.74, 6) is 1.27. The smallest absolute Gasteiger partial charge is 0.132 e. The van der Waals surface area contributed by atoms with Crippen LogP contribution in [0, 0.1) is 11.7 Å². The number of methoxy groups -OCH3 is 1.